The average Bonchev–Trinajstić information content (AvgIpc) is 3.56. The number of nitrogens with zero attached hydrogens (tertiary/aromatic N) is 2. The average molecular weight is 542 g/mol. The molecule has 4 N–H and O–H groups in total. The van der Waals surface area contributed by atoms with Crippen LogP contribution in [0.4, 0.5) is 13.2 Å². The number of carbonyl (C=O) groups is 3. The number of nitriles is 1. The summed E-state index contributed by atoms with van der Waals surface area (Å²) in [7, 11) is 0. The van der Waals surface area contributed by atoms with Crippen molar-refractivity contribution in [1.29, 1.82) is 5.26 Å². The number of nitrogens with two attached hydrogens (primary N) is 1. The maximum Gasteiger partial charge on any atom is 0.242 e. The second-order valence-corrected chi connectivity index (χ2v) is 10.2. The van der Waals surface area contributed by atoms with Crippen molar-refractivity contribution in [3.8, 4) is 6.07 Å². The Kier molecular flexibility index (Phi) is 8.55. The number of hydrogen-bond acceptors (Lipinski definition) is 5. The van der Waals surface area contributed by atoms with E-state index in [4.69, 9.17) is 5.73 Å². The molecule has 6 atom stereocenters. The minimum absolute atomic E-state index is 0.0391. The van der Waals surface area contributed by atoms with Gasteiger partial charge in [0.15, 0.2) is 11.6 Å². The van der Waals surface area contributed by atoms with Crippen molar-refractivity contribution in [1.82, 2.24) is 15.5 Å². The van der Waals surface area contributed by atoms with E-state index >= 15 is 0 Å². The largest absolute Gasteiger partial charge is 0.351 e. The van der Waals surface area contributed by atoms with Gasteiger partial charge in [-0.1, -0.05) is 30.3 Å². The fourth-order valence-electron chi connectivity index (χ4n) is 5.08. The standard InChI is InChI=1S/C28H30F3N5O3/c1-15(34-28(39)24(33)7-16-5-3-2-4-6-16)27(38)35-19(8-17-10-22(30)23(31)13-21(17)29)12-26(37)36-20(14-32)9-18-11-25(18)36/h2-6,10,13,15,18-20,24-25H,7-9,11-12,33H2,1H3,(H,34,39)(H,35,38)/t15?,18?,19-,20?,24?,25?/m1/s1. The quantitative estimate of drug-likeness (QED) is 0.397. The van der Waals surface area contributed by atoms with Crippen LogP contribution in [0.25, 0.3) is 0 Å². The lowest BCUT2D eigenvalue weighted by molar-refractivity contribution is -0.133. The van der Waals surface area contributed by atoms with Crippen LogP contribution in [0.2, 0.25) is 0 Å². The van der Waals surface area contributed by atoms with Crippen LogP contribution in [0.3, 0.4) is 0 Å². The molecule has 8 nitrogen and oxygen atoms in total. The van der Waals surface area contributed by atoms with Crippen molar-refractivity contribution >= 4 is 17.7 Å². The molecule has 0 aromatic heterocycles. The highest BCUT2D eigenvalue weighted by atomic mass is 19.2. The van der Waals surface area contributed by atoms with E-state index in [9.17, 15) is 32.8 Å². The van der Waals surface area contributed by atoms with E-state index < -0.39 is 59.3 Å². The second kappa shape index (κ2) is 11.9. The number of hydrogen-bond donors (Lipinski definition) is 3. The van der Waals surface area contributed by atoms with E-state index in [-0.39, 0.29) is 36.8 Å². The number of fused-ring (bicyclic) bond motifs is 1. The first-order valence-electron chi connectivity index (χ1n) is 12.8. The molecule has 0 bridgehead atoms. The fraction of sp³-hybridized carbons (Fsp3) is 0.429. The number of amides is 3. The van der Waals surface area contributed by atoms with Crippen molar-refractivity contribution in [3.63, 3.8) is 0 Å². The number of rotatable bonds is 10. The van der Waals surface area contributed by atoms with E-state index in [0.29, 0.717) is 18.6 Å². The fourth-order valence-corrected chi connectivity index (χ4v) is 5.08. The first-order chi connectivity index (χ1) is 18.6. The van der Waals surface area contributed by atoms with Crippen molar-refractivity contribution in [2.45, 2.75) is 69.2 Å². The molecule has 206 valence electrons. The van der Waals surface area contributed by atoms with Gasteiger partial charge in [0, 0.05) is 24.6 Å². The zero-order valence-corrected chi connectivity index (χ0v) is 21.4. The summed E-state index contributed by atoms with van der Waals surface area (Å²) in [6.07, 6.45) is 1.03. The highest BCUT2D eigenvalue weighted by Gasteiger charge is 2.54. The van der Waals surface area contributed by atoms with Gasteiger partial charge in [-0.05, 0) is 55.7 Å². The monoisotopic (exact) mass is 541 g/mol. The van der Waals surface area contributed by atoms with Gasteiger partial charge in [-0.3, -0.25) is 14.4 Å². The van der Waals surface area contributed by atoms with Gasteiger partial charge >= 0.3 is 0 Å². The van der Waals surface area contributed by atoms with Gasteiger partial charge in [0.25, 0.3) is 0 Å². The SMILES string of the molecule is CC(NC(=O)C(N)Cc1ccccc1)C(=O)N[C@@H](CC(=O)N1C(C#N)CC2CC21)Cc1cc(F)c(F)cc1F. The minimum atomic E-state index is -1.36. The van der Waals surface area contributed by atoms with Crippen LogP contribution < -0.4 is 16.4 Å². The molecule has 1 aliphatic carbocycles. The van der Waals surface area contributed by atoms with E-state index in [0.717, 1.165) is 12.0 Å². The predicted molar refractivity (Wildman–Crippen MR) is 135 cm³/mol. The summed E-state index contributed by atoms with van der Waals surface area (Å²) >= 11 is 0. The zero-order chi connectivity index (χ0) is 28.3. The molecule has 2 fully saturated rings. The predicted octanol–water partition coefficient (Wildman–Crippen LogP) is 2.11. The number of nitrogens with one attached hydrogen (secondary N) is 2. The van der Waals surface area contributed by atoms with Crippen LogP contribution in [0.5, 0.6) is 0 Å². The highest BCUT2D eigenvalue weighted by Crippen LogP contribution is 2.47. The van der Waals surface area contributed by atoms with Gasteiger partial charge in [-0.25, -0.2) is 13.2 Å². The molecule has 0 spiro atoms. The van der Waals surface area contributed by atoms with Gasteiger partial charge < -0.3 is 21.3 Å². The lowest BCUT2D eigenvalue weighted by Gasteiger charge is -2.27. The van der Waals surface area contributed by atoms with E-state index in [2.05, 4.69) is 16.7 Å². The Bertz CT molecular complexity index is 1290. The molecule has 1 saturated carbocycles. The van der Waals surface area contributed by atoms with Crippen LogP contribution in [0.1, 0.15) is 37.3 Å². The third-order valence-corrected chi connectivity index (χ3v) is 7.25. The number of likely N-dealkylation sites (tertiary alicyclic amines) is 1. The van der Waals surface area contributed by atoms with Crippen LogP contribution >= 0.6 is 0 Å². The number of halogens is 3. The maximum atomic E-state index is 14.4. The molecule has 39 heavy (non-hydrogen) atoms. The van der Waals surface area contributed by atoms with Crippen LogP contribution in [-0.2, 0) is 27.2 Å². The molecule has 2 aromatic rings. The van der Waals surface area contributed by atoms with Crippen molar-refractivity contribution in [2.75, 3.05) is 0 Å². The summed E-state index contributed by atoms with van der Waals surface area (Å²) in [5.41, 5.74) is 6.62. The van der Waals surface area contributed by atoms with Crippen LogP contribution in [0.15, 0.2) is 42.5 Å². The Morgan fingerprint density at radius 1 is 1.03 bits per heavy atom. The molecule has 3 amide bonds. The van der Waals surface area contributed by atoms with Gasteiger partial charge in [0.2, 0.25) is 17.7 Å². The van der Waals surface area contributed by atoms with Gasteiger partial charge in [0.1, 0.15) is 17.9 Å². The van der Waals surface area contributed by atoms with E-state index in [1.807, 2.05) is 30.3 Å². The topological polar surface area (TPSA) is 128 Å². The maximum absolute atomic E-state index is 14.4. The molecule has 2 aromatic carbocycles. The normalized spacial score (nSPS) is 21.7. The van der Waals surface area contributed by atoms with Crippen LogP contribution in [-0.4, -0.2) is 52.8 Å². The molecule has 0 radical (unpaired) electrons. The molecule has 4 rings (SSSR count). The Morgan fingerprint density at radius 3 is 2.41 bits per heavy atom. The van der Waals surface area contributed by atoms with Crippen molar-refractivity contribution in [3.05, 3.63) is 71.0 Å². The zero-order valence-electron chi connectivity index (χ0n) is 21.4. The molecule has 11 heteroatoms. The summed E-state index contributed by atoms with van der Waals surface area (Å²) in [6.45, 7) is 1.43. The Labute approximate surface area is 224 Å². The molecule has 5 unspecified atom stereocenters. The third-order valence-electron chi connectivity index (χ3n) is 7.25. The van der Waals surface area contributed by atoms with Crippen molar-refractivity contribution in [2.24, 2.45) is 11.7 Å². The third kappa shape index (κ3) is 6.75. The number of carbonyl (C=O) groups excluding carboxylic acids is 3. The summed E-state index contributed by atoms with van der Waals surface area (Å²) in [5, 5.41) is 14.6. The lowest BCUT2D eigenvalue weighted by atomic mass is 10.0. The second-order valence-electron chi connectivity index (χ2n) is 10.2. The van der Waals surface area contributed by atoms with Gasteiger partial charge in [-0.15, -0.1) is 0 Å². The Morgan fingerprint density at radius 2 is 1.72 bits per heavy atom. The Balaban J connectivity index is 1.43. The van der Waals surface area contributed by atoms with Crippen molar-refractivity contribution < 1.29 is 27.6 Å². The minimum Gasteiger partial charge on any atom is -0.351 e. The molecule has 1 aliphatic heterocycles. The van der Waals surface area contributed by atoms with Gasteiger partial charge in [0.05, 0.1) is 12.1 Å². The highest BCUT2D eigenvalue weighted by molar-refractivity contribution is 5.90. The number of benzene rings is 2. The van der Waals surface area contributed by atoms with Crippen LogP contribution in [0, 0.1) is 34.7 Å². The first kappa shape index (κ1) is 28.1. The molecule has 1 saturated heterocycles. The molecular weight excluding hydrogens is 511 g/mol. The Hall–Kier alpha value is -3.91. The molecular formula is C28H30F3N5O3. The smallest absolute Gasteiger partial charge is 0.242 e. The van der Waals surface area contributed by atoms with Gasteiger partial charge in [-0.2, -0.15) is 5.26 Å². The summed E-state index contributed by atoms with van der Waals surface area (Å²) in [4.78, 5) is 40.2. The lowest BCUT2D eigenvalue weighted by Crippen LogP contribution is -2.53. The van der Waals surface area contributed by atoms with E-state index in [1.54, 1.807) is 0 Å². The summed E-state index contributed by atoms with van der Waals surface area (Å²) < 4.78 is 41.7. The summed E-state index contributed by atoms with van der Waals surface area (Å²) in [6, 6.07) is 8.72. The molecule has 1 heterocycles. The molecule has 2 aliphatic rings. The van der Waals surface area contributed by atoms with E-state index in [1.165, 1.54) is 11.8 Å². The number of piperidine rings is 1. The first-order valence-corrected chi connectivity index (χ1v) is 12.8. The summed E-state index contributed by atoms with van der Waals surface area (Å²) in [5.74, 6) is -5.00.